The topological polar surface area (TPSA) is 122 Å². The Bertz CT molecular complexity index is 682. The minimum Gasteiger partial charge on any atom is -0.479 e. The molecule has 4 N–H and O–H groups in total. The molecule has 1 fully saturated rings. The second kappa shape index (κ2) is 10.2. The van der Waals surface area contributed by atoms with Crippen LogP contribution in [-0.2, 0) is 25.5 Å². The van der Waals surface area contributed by atoms with Crippen molar-refractivity contribution in [2.24, 2.45) is 5.73 Å². The fourth-order valence-corrected chi connectivity index (χ4v) is 3.41. The summed E-state index contributed by atoms with van der Waals surface area (Å²) in [6.45, 7) is 4.26. The summed E-state index contributed by atoms with van der Waals surface area (Å²) >= 11 is 0. The molecule has 2 rings (SSSR count). The molecule has 0 aromatic heterocycles. The minimum absolute atomic E-state index is 0.0296. The average Bonchev–Trinajstić information content (AvgIpc) is 2.66. The molecule has 1 aliphatic rings. The van der Waals surface area contributed by atoms with Gasteiger partial charge in [0.15, 0.2) is 12.2 Å². The van der Waals surface area contributed by atoms with Crippen molar-refractivity contribution in [3.8, 4) is 0 Å². The van der Waals surface area contributed by atoms with Gasteiger partial charge in [0.2, 0.25) is 5.91 Å². The third-order valence-electron chi connectivity index (χ3n) is 4.79. The molecule has 0 bridgehead atoms. The van der Waals surface area contributed by atoms with E-state index in [1.54, 1.807) is 4.90 Å². The molecule has 0 aliphatic carbocycles. The van der Waals surface area contributed by atoms with E-state index in [0.29, 0.717) is 19.5 Å². The summed E-state index contributed by atoms with van der Waals surface area (Å²) in [4.78, 5) is 37.9. The lowest BCUT2D eigenvalue weighted by Gasteiger charge is -2.40. The van der Waals surface area contributed by atoms with E-state index < -0.39 is 30.3 Å². The highest BCUT2D eigenvalue weighted by molar-refractivity contribution is 5.84. The number of carbonyl (C=O) groups is 3. The van der Waals surface area contributed by atoms with Gasteiger partial charge in [0.25, 0.3) is 5.91 Å². The number of ether oxygens (including phenoxy) is 1. The molecule has 0 spiro atoms. The Morgan fingerprint density at radius 1 is 1.25 bits per heavy atom. The molecule has 1 aromatic rings. The van der Waals surface area contributed by atoms with Crippen molar-refractivity contribution in [1.82, 2.24) is 10.2 Å². The van der Waals surface area contributed by atoms with Crippen molar-refractivity contribution in [3.63, 3.8) is 0 Å². The van der Waals surface area contributed by atoms with Crippen LogP contribution in [0.2, 0.25) is 0 Å². The maximum absolute atomic E-state index is 13.2. The van der Waals surface area contributed by atoms with Crippen molar-refractivity contribution in [1.29, 1.82) is 0 Å². The molecule has 1 aromatic carbocycles. The zero-order valence-corrected chi connectivity index (χ0v) is 16.3. The summed E-state index contributed by atoms with van der Waals surface area (Å²) in [5.74, 6) is -1.86. The SMILES string of the molecule is CCCN(CCc1ccccc1)C(=O)C1OC(C(=O)O)CC(N)C1NC(C)=O. The number of nitrogens with zero attached hydrogens (tertiary/aromatic N) is 1. The number of amides is 2. The fourth-order valence-electron chi connectivity index (χ4n) is 3.41. The highest BCUT2D eigenvalue weighted by atomic mass is 16.5. The Balaban J connectivity index is 2.18. The van der Waals surface area contributed by atoms with Crippen LogP contribution in [0.1, 0.15) is 32.3 Å². The highest BCUT2D eigenvalue weighted by Gasteiger charge is 2.45. The van der Waals surface area contributed by atoms with Crippen LogP contribution in [0.25, 0.3) is 0 Å². The number of nitrogens with two attached hydrogens (primary N) is 1. The van der Waals surface area contributed by atoms with Gasteiger partial charge in [-0.05, 0) is 18.4 Å². The molecule has 0 radical (unpaired) electrons. The molecule has 8 heteroatoms. The molecule has 8 nitrogen and oxygen atoms in total. The van der Waals surface area contributed by atoms with Crippen molar-refractivity contribution < 1.29 is 24.2 Å². The van der Waals surface area contributed by atoms with Crippen molar-refractivity contribution in [2.45, 2.75) is 57.4 Å². The van der Waals surface area contributed by atoms with Crippen LogP contribution in [0.15, 0.2) is 30.3 Å². The number of rotatable bonds is 8. The first-order valence-corrected chi connectivity index (χ1v) is 9.57. The zero-order chi connectivity index (χ0) is 20.7. The van der Waals surface area contributed by atoms with Gasteiger partial charge in [-0.2, -0.15) is 0 Å². The lowest BCUT2D eigenvalue weighted by Crippen LogP contribution is -2.65. The molecule has 154 valence electrons. The number of hydrogen-bond donors (Lipinski definition) is 3. The Morgan fingerprint density at radius 2 is 1.93 bits per heavy atom. The Hall–Kier alpha value is -2.45. The van der Waals surface area contributed by atoms with Crippen LogP contribution in [0, 0.1) is 0 Å². The quantitative estimate of drug-likeness (QED) is 0.595. The Morgan fingerprint density at radius 3 is 2.50 bits per heavy atom. The lowest BCUT2D eigenvalue weighted by molar-refractivity contribution is -0.172. The van der Waals surface area contributed by atoms with Crippen molar-refractivity contribution >= 4 is 17.8 Å². The van der Waals surface area contributed by atoms with E-state index in [0.717, 1.165) is 12.0 Å². The molecule has 1 heterocycles. The minimum atomic E-state index is -1.17. The normalized spacial score (nSPS) is 24.4. The summed E-state index contributed by atoms with van der Waals surface area (Å²) in [6.07, 6.45) is -0.866. The summed E-state index contributed by atoms with van der Waals surface area (Å²) in [6, 6.07) is 8.33. The van der Waals surface area contributed by atoms with Crippen molar-refractivity contribution in [2.75, 3.05) is 13.1 Å². The predicted octanol–water partition coefficient (Wildman–Crippen LogP) is 0.542. The van der Waals surface area contributed by atoms with E-state index in [1.807, 2.05) is 37.3 Å². The second-order valence-corrected chi connectivity index (χ2v) is 7.07. The largest absolute Gasteiger partial charge is 0.479 e. The molecule has 1 aliphatic heterocycles. The molecular formula is C20H29N3O5. The number of hydrogen-bond acceptors (Lipinski definition) is 5. The predicted molar refractivity (Wildman–Crippen MR) is 104 cm³/mol. The second-order valence-electron chi connectivity index (χ2n) is 7.07. The van der Waals surface area contributed by atoms with Gasteiger partial charge in [-0.1, -0.05) is 37.3 Å². The lowest BCUT2D eigenvalue weighted by atomic mass is 9.92. The zero-order valence-electron chi connectivity index (χ0n) is 16.3. The van der Waals surface area contributed by atoms with Gasteiger partial charge in [-0.25, -0.2) is 4.79 Å². The number of nitrogens with one attached hydrogen (secondary N) is 1. The first-order valence-electron chi connectivity index (χ1n) is 9.57. The van der Waals surface area contributed by atoms with Gasteiger partial charge in [0.05, 0.1) is 6.04 Å². The first kappa shape index (κ1) is 21.8. The number of carboxylic acid groups (broad SMARTS) is 1. The van der Waals surface area contributed by atoms with Crippen LogP contribution in [0.3, 0.4) is 0 Å². The third-order valence-corrected chi connectivity index (χ3v) is 4.79. The summed E-state index contributed by atoms with van der Waals surface area (Å²) in [7, 11) is 0. The average molecular weight is 391 g/mol. The van der Waals surface area contributed by atoms with Crippen LogP contribution in [0.4, 0.5) is 0 Å². The van der Waals surface area contributed by atoms with E-state index >= 15 is 0 Å². The smallest absolute Gasteiger partial charge is 0.332 e. The van der Waals surface area contributed by atoms with Crippen molar-refractivity contribution in [3.05, 3.63) is 35.9 Å². The van der Waals surface area contributed by atoms with E-state index in [9.17, 15) is 19.5 Å². The molecule has 0 saturated carbocycles. The van der Waals surface area contributed by atoms with Crippen LogP contribution in [0.5, 0.6) is 0 Å². The fraction of sp³-hybridized carbons (Fsp3) is 0.550. The molecule has 4 unspecified atom stereocenters. The summed E-state index contributed by atoms with van der Waals surface area (Å²) in [5.41, 5.74) is 7.19. The number of benzene rings is 1. The van der Waals surface area contributed by atoms with Gasteiger partial charge in [0, 0.05) is 32.5 Å². The van der Waals surface area contributed by atoms with Gasteiger partial charge < -0.3 is 25.8 Å². The van der Waals surface area contributed by atoms with Gasteiger partial charge >= 0.3 is 5.97 Å². The summed E-state index contributed by atoms with van der Waals surface area (Å²) in [5, 5.41) is 12.0. The maximum atomic E-state index is 13.2. The summed E-state index contributed by atoms with van der Waals surface area (Å²) < 4.78 is 5.59. The van der Waals surface area contributed by atoms with Gasteiger partial charge in [0.1, 0.15) is 0 Å². The Labute approximate surface area is 165 Å². The number of aliphatic carboxylic acids is 1. The Kier molecular flexibility index (Phi) is 7.95. The molecule has 1 saturated heterocycles. The molecular weight excluding hydrogens is 362 g/mol. The van der Waals surface area contributed by atoms with Gasteiger partial charge in [-0.15, -0.1) is 0 Å². The van der Waals surface area contributed by atoms with E-state index in [2.05, 4.69) is 5.32 Å². The third kappa shape index (κ3) is 5.77. The standard InChI is InChI=1S/C20H29N3O5/c1-3-10-23(11-9-14-7-5-4-6-8-14)19(25)18-17(22-13(2)24)15(21)12-16(28-18)20(26)27/h4-8,15-18H,3,9-12,21H2,1-2H3,(H,22,24)(H,26,27). The molecule has 4 atom stereocenters. The highest BCUT2D eigenvalue weighted by Crippen LogP contribution is 2.22. The molecule has 2 amide bonds. The van der Waals surface area contributed by atoms with Gasteiger partial charge in [-0.3, -0.25) is 9.59 Å². The number of carbonyl (C=O) groups excluding carboxylic acids is 2. The van der Waals surface area contributed by atoms with Crippen LogP contribution >= 0.6 is 0 Å². The maximum Gasteiger partial charge on any atom is 0.332 e. The monoisotopic (exact) mass is 391 g/mol. The molecule has 28 heavy (non-hydrogen) atoms. The van der Waals surface area contributed by atoms with Crippen LogP contribution < -0.4 is 11.1 Å². The van der Waals surface area contributed by atoms with E-state index in [4.69, 9.17) is 10.5 Å². The number of carboxylic acids is 1. The van der Waals surface area contributed by atoms with E-state index in [1.165, 1.54) is 6.92 Å². The van der Waals surface area contributed by atoms with E-state index in [-0.39, 0.29) is 18.2 Å². The van der Waals surface area contributed by atoms with Crippen LogP contribution in [-0.4, -0.2) is 65.2 Å². The first-order chi connectivity index (χ1) is 13.3.